The van der Waals surface area contributed by atoms with Gasteiger partial charge in [-0.05, 0) is 29.2 Å². The maximum Gasteiger partial charge on any atom is 0.161 e. The second-order valence-electron chi connectivity index (χ2n) is 5.26. The average Bonchev–Trinajstić information content (AvgIpc) is 2.87. The van der Waals surface area contributed by atoms with Crippen molar-refractivity contribution in [1.82, 2.24) is 0 Å². The normalized spacial score (nSPS) is 15.3. The summed E-state index contributed by atoms with van der Waals surface area (Å²) in [5.41, 5.74) is 2.41. The van der Waals surface area contributed by atoms with Crippen molar-refractivity contribution >= 4 is 12.2 Å². The van der Waals surface area contributed by atoms with E-state index in [1.165, 1.54) is 17.5 Å². The standard InChI is InChI=1S/C15H16O2.C3H8.C2H6/c1-11-3-5-12-9-14-15(10-13(12)6-4-11)17-8-2-7-16-14;1-3-2;1-2/h3-6,9-11H,2,7-8H2,1H3;3H2,1-2H3;1-2H3. The topological polar surface area (TPSA) is 18.5 Å². The van der Waals surface area contributed by atoms with Crippen LogP contribution in [0.4, 0.5) is 0 Å². The van der Waals surface area contributed by atoms with Crippen LogP contribution in [-0.4, -0.2) is 13.2 Å². The zero-order valence-corrected chi connectivity index (χ0v) is 14.7. The number of benzene rings is 1. The number of hydrogen-bond donors (Lipinski definition) is 0. The summed E-state index contributed by atoms with van der Waals surface area (Å²) in [6.07, 6.45) is 10.9. The molecule has 0 atom stereocenters. The van der Waals surface area contributed by atoms with Crippen LogP contribution in [0.5, 0.6) is 11.5 Å². The van der Waals surface area contributed by atoms with Crippen LogP contribution in [0.25, 0.3) is 12.2 Å². The summed E-state index contributed by atoms with van der Waals surface area (Å²) in [6.45, 7) is 11.9. The van der Waals surface area contributed by atoms with Gasteiger partial charge in [0, 0.05) is 6.42 Å². The monoisotopic (exact) mass is 302 g/mol. The molecule has 0 amide bonds. The molecule has 1 heterocycles. The summed E-state index contributed by atoms with van der Waals surface area (Å²) in [6, 6.07) is 4.16. The maximum absolute atomic E-state index is 5.70. The SMILES string of the molecule is CC.CC1C=Cc2cc3c(cc2C=C1)OCCCO3.CCC. The third-order valence-electron chi connectivity index (χ3n) is 3.11. The Labute approximate surface area is 135 Å². The molecule has 0 unspecified atom stereocenters. The van der Waals surface area contributed by atoms with Gasteiger partial charge in [0.15, 0.2) is 11.5 Å². The molecule has 1 aromatic rings. The molecule has 122 valence electrons. The fraction of sp³-hybridized carbons (Fsp3) is 0.500. The summed E-state index contributed by atoms with van der Waals surface area (Å²) in [5.74, 6) is 2.21. The molecule has 2 nitrogen and oxygen atoms in total. The Kier molecular flexibility index (Phi) is 8.42. The van der Waals surface area contributed by atoms with E-state index in [-0.39, 0.29) is 0 Å². The highest BCUT2D eigenvalue weighted by Gasteiger charge is 2.13. The van der Waals surface area contributed by atoms with Crippen LogP contribution in [0.2, 0.25) is 0 Å². The second-order valence-corrected chi connectivity index (χ2v) is 5.26. The summed E-state index contributed by atoms with van der Waals surface area (Å²) >= 11 is 0. The molecule has 1 aliphatic heterocycles. The smallest absolute Gasteiger partial charge is 0.161 e. The van der Waals surface area contributed by atoms with Crippen molar-refractivity contribution in [2.75, 3.05) is 13.2 Å². The van der Waals surface area contributed by atoms with Gasteiger partial charge in [-0.3, -0.25) is 0 Å². The molecule has 2 aliphatic rings. The maximum atomic E-state index is 5.70. The molecule has 1 aromatic carbocycles. The minimum Gasteiger partial charge on any atom is -0.490 e. The van der Waals surface area contributed by atoms with E-state index in [1.54, 1.807) is 0 Å². The first-order valence-corrected chi connectivity index (χ1v) is 8.54. The molecule has 3 rings (SSSR count). The molecular formula is C20H30O2. The Morgan fingerprint density at radius 2 is 1.32 bits per heavy atom. The lowest BCUT2D eigenvalue weighted by molar-refractivity contribution is 0.297. The summed E-state index contributed by atoms with van der Waals surface area (Å²) < 4.78 is 11.4. The van der Waals surface area contributed by atoms with E-state index in [9.17, 15) is 0 Å². The summed E-state index contributed by atoms with van der Waals surface area (Å²) in [4.78, 5) is 0. The zero-order chi connectivity index (χ0) is 16.4. The number of rotatable bonds is 0. The molecule has 0 bridgehead atoms. The van der Waals surface area contributed by atoms with Crippen molar-refractivity contribution < 1.29 is 9.47 Å². The van der Waals surface area contributed by atoms with E-state index in [2.05, 4.69) is 57.2 Å². The van der Waals surface area contributed by atoms with Crippen LogP contribution >= 0.6 is 0 Å². The van der Waals surface area contributed by atoms with Gasteiger partial charge in [-0.1, -0.05) is 65.3 Å². The Hall–Kier alpha value is -1.70. The highest BCUT2D eigenvalue weighted by Crippen LogP contribution is 2.35. The predicted molar refractivity (Wildman–Crippen MR) is 96.6 cm³/mol. The highest BCUT2D eigenvalue weighted by molar-refractivity contribution is 5.71. The fourth-order valence-electron chi connectivity index (χ4n) is 2.10. The van der Waals surface area contributed by atoms with Gasteiger partial charge < -0.3 is 9.47 Å². The quantitative estimate of drug-likeness (QED) is 0.588. The van der Waals surface area contributed by atoms with Gasteiger partial charge in [-0.25, -0.2) is 0 Å². The molecule has 0 saturated heterocycles. The third kappa shape index (κ3) is 5.25. The predicted octanol–water partition coefficient (Wildman–Crippen LogP) is 5.97. The van der Waals surface area contributed by atoms with E-state index >= 15 is 0 Å². The van der Waals surface area contributed by atoms with Crippen molar-refractivity contribution in [2.45, 2.75) is 47.5 Å². The Bertz CT molecular complexity index is 458. The van der Waals surface area contributed by atoms with Crippen LogP contribution in [0.3, 0.4) is 0 Å². The Morgan fingerprint density at radius 3 is 1.73 bits per heavy atom. The molecule has 0 radical (unpaired) electrons. The zero-order valence-electron chi connectivity index (χ0n) is 14.7. The molecule has 2 heteroatoms. The Balaban J connectivity index is 0.000000435. The van der Waals surface area contributed by atoms with E-state index in [4.69, 9.17) is 9.47 Å². The van der Waals surface area contributed by atoms with Crippen molar-refractivity contribution in [3.63, 3.8) is 0 Å². The van der Waals surface area contributed by atoms with Crippen LogP contribution in [0, 0.1) is 5.92 Å². The first-order chi connectivity index (χ1) is 10.7. The van der Waals surface area contributed by atoms with Gasteiger partial charge in [0.05, 0.1) is 13.2 Å². The minimum absolute atomic E-state index is 0.476. The van der Waals surface area contributed by atoms with Gasteiger partial charge in [0.25, 0.3) is 0 Å². The van der Waals surface area contributed by atoms with Crippen LogP contribution in [-0.2, 0) is 0 Å². The van der Waals surface area contributed by atoms with Crippen molar-refractivity contribution in [3.05, 3.63) is 35.4 Å². The lowest BCUT2D eigenvalue weighted by atomic mass is 10.1. The lowest BCUT2D eigenvalue weighted by Gasteiger charge is -2.10. The number of fused-ring (bicyclic) bond motifs is 2. The van der Waals surface area contributed by atoms with E-state index in [0.29, 0.717) is 5.92 Å². The second kappa shape index (κ2) is 10.1. The van der Waals surface area contributed by atoms with Crippen LogP contribution in [0.15, 0.2) is 24.3 Å². The molecule has 0 spiro atoms. The fourth-order valence-corrected chi connectivity index (χ4v) is 2.10. The molecular weight excluding hydrogens is 272 g/mol. The lowest BCUT2D eigenvalue weighted by Crippen LogP contribution is -1.97. The van der Waals surface area contributed by atoms with Gasteiger partial charge in [0.2, 0.25) is 0 Å². The number of ether oxygens (including phenoxy) is 2. The van der Waals surface area contributed by atoms with Crippen molar-refractivity contribution in [1.29, 1.82) is 0 Å². The van der Waals surface area contributed by atoms with Gasteiger partial charge in [-0.2, -0.15) is 0 Å². The third-order valence-corrected chi connectivity index (χ3v) is 3.11. The van der Waals surface area contributed by atoms with E-state index < -0.39 is 0 Å². The minimum atomic E-state index is 0.476. The van der Waals surface area contributed by atoms with Crippen molar-refractivity contribution in [3.8, 4) is 11.5 Å². The molecule has 22 heavy (non-hydrogen) atoms. The first kappa shape index (κ1) is 18.3. The number of allylic oxidation sites excluding steroid dienone is 2. The highest BCUT2D eigenvalue weighted by atomic mass is 16.5. The van der Waals surface area contributed by atoms with Crippen molar-refractivity contribution in [2.24, 2.45) is 5.92 Å². The van der Waals surface area contributed by atoms with Gasteiger partial charge in [-0.15, -0.1) is 0 Å². The Morgan fingerprint density at radius 1 is 0.909 bits per heavy atom. The van der Waals surface area contributed by atoms with Crippen LogP contribution in [0.1, 0.15) is 58.6 Å². The molecule has 1 aliphatic carbocycles. The molecule has 0 N–H and O–H groups in total. The van der Waals surface area contributed by atoms with Gasteiger partial charge >= 0.3 is 0 Å². The molecule has 0 aromatic heterocycles. The first-order valence-electron chi connectivity index (χ1n) is 8.54. The van der Waals surface area contributed by atoms with Gasteiger partial charge in [0.1, 0.15) is 0 Å². The largest absolute Gasteiger partial charge is 0.490 e. The molecule has 0 saturated carbocycles. The summed E-state index contributed by atoms with van der Waals surface area (Å²) in [7, 11) is 0. The van der Waals surface area contributed by atoms with E-state index in [0.717, 1.165) is 31.1 Å². The average molecular weight is 302 g/mol. The molecule has 0 fully saturated rings. The number of hydrogen-bond acceptors (Lipinski definition) is 2. The summed E-state index contributed by atoms with van der Waals surface area (Å²) in [5, 5.41) is 0. The van der Waals surface area contributed by atoms with E-state index in [1.807, 2.05) is 13.8 Å². The van der Waals surface area contributed by atoms with Crippen LogP contribution < -0.4 is 9.47 Å².